The van der Waals surface area contributed by atoms with E-state index in [1.165, 1.54) is 21.4 Å². The summed E-state index contributed by atoms with van der Waals surface area (Å²) in [7, 11) is 0. The number of fused-ring (bicyclic) bond motifs is 1. The molecule has 1 nitrogen and oxygen atoms in total. The average Bonchev–Trinajstić information content (AvgIpc) is 2.78. The predicted octanol–water partition coefficient (Wildman–Crippen LogP) is 4.44. The van der Waals surface area contributed by atoms with E-state index in [2.05, 4.69) is 37.4 Å². The number of hydrogen-bond donors (Lipinski definition) is 1. The van der Waals surface area contributed by atoms with Crippen LogP contribution in [0.25, 0.3) is 10.1 Å². The third-order valence-corrected chi connectivity index (χ3v) is 5.34. The summed E-state index contributed by atoms with van der Waals surface area (Å²) in [6.45, 7) is 5.50. The molecule has 1 N–H and O–H groups in total. The molecule has 1 saturated carbocycles. The van der Waals surface area contributed by atoms with Crippen LogP contribution in [0.1, 0.15) is 25.1 Å². The lowest BCUT2D eigenvalue weighted by Crippen LogP contribution is -2.19. The van der Waals surface area contributed by atoms with Gasteiger partial charge in [-0.1, -0.05) is 43.6 Å². The Labute approximate surface area is 111 Å². The van der Waals surface area contributed by atoms with Crippen LogP contribution in [0.15, 0.2) is 24.3 Å². The molecule has 1 aliphatic rings. The number of thiophene rings is 1. The third-order valence-electron chi connectivity index (χ3n) is 3.62. The normalized spacial score (nSPS) is 21.9. The number of halogens is 1. The van der Waals surface area contributed by atoms with Gasteiger partial charge in [0.1, 0.15) is 0 Å². The maximum absolute atomic E-state index is 6.40. The third kappa shape index (κ3) is 2.10. The Bertz CT molecular complexity index is 558. The number of nitrogens with one attached hydrogen (secondary N) is 1. The molecule has 1 fully saturated rings. The van der Waals surface area contributed by atoms with E-state index in [1.807, 2.05) is 6.07 Å². The summed E-state index contributed by atoms with van der Waals surface area (Å²) in [6, 6.07) is 9.00. The quantitative estimate of drug-likeness (QED) is 0.865. The monoisotopic (exact) mass is 265 g/mol. The summed E-state index contributed by atoms with van der Waals surface area (Å²) in [5, 5.41) is 5.70. The summed E-state index contributed by atoms with van der Waals surface area (Å²) < 4.78 is 1.28. The van der Waals surface area contributed by atoms with Crippen molar-refractivity contribution in [2.75, 3.05) is 0 Å². The molecule has 0 amide bonds. The van der Waals surface area contributed by atoms with Gasteiger partial charge in [-0.3, -0.25) is 0 Å². The lowest BCUT2D eigenvalue weighted by atomic mass is 10.2. The van der Waals surface area contributed by atoms with Crippen molar-refractivity contribution in [1.82, 2.24) is 5.32 Å². The van der Waals surface area contributed by atoms with Crippen molar-refractivity contribution in [3.8, 4) is 0 Å². The van der Waals surface area contributed by atoms with E-state index >= 15 is 0 Å². The van der Waals surface area contributed by atoms with E-state index in [0.717, 1.165) is 11.6 Å². The van der Waals surface area contributed by atoms with Gasteiger partial charge in [-0.15, -0.1) is 11.3 Å². The Balaban J connectivity index is 1.79. The fraction of sp³-hybridized carbons (Fsp3) is 0.429. The Morgan fingerprint density at radius 2 is 2.12 bits per heavy atom. The van der Waals surface area contributed by atoms with Crippen LogP contribution in [0, 0.1) is 5.41 Å². The summed E-state index contributed by atoms with van der Waals surface area (Å²) in [6.07, 6.45) is 1.27. The van der Waals surface area contributed by atoms with Crippen molar-refractivity contribution in [3.63, 3.8) is 0 Å². The Hall–Kier alpha value is -0.570. The van der Waals surface area contributed by atoms with Gasteiger partial charge in [-0.2, -0.15) is 0 Å². The molecule has 1 aromatic heterocycles. The van der Waals surface area contributed by atoms with E-state index in [9.17, 15) is 0 Å². The van der Waals surface area contributed by atoms with Gasteiger partial charge >= 0.3 is 0 Å². The maximum Gasteiger partial charge on any atom is 0.0636 e. The van der Waals surface area contributed by atoms with Gasteiger partial charge in [0.05, 0.1) is 5.02 Å². The molecule has 1 atom stereocenters. The zero-order valence-corrected chi connectivity index (χ0v) is 11.7. The van der Waals surface area contributed by atoms with Crippen molar-refractivity contribution in [3.05, 3.63) is 34.2 Å². The molecule has 17 heavy (non-hydrogen) atoms. The zero-order chi connectivity index (χ0) is 12.0. The SMILES string of the molecule is CC1(C)CC1NCc1sc2ccccc2c1Cl. The maximum atomic E-state index is 6.40. The highest BCUT2D eigenvalue weighted by molar-refractivity contribution is 7.19. The fourth-order valence-corrected chi connectivity index (χ4v) is 3.66. The van der Waals surface area contributed by atoms with Crippen molar-refractivity contribution >= 4 is 33.0 Å². The molecule has 1 unspecified atom stereocenters. The molecular weight excluding hydrogens is 250 g/mol. The second-order valence-corrected chi connectivity index (χ2v) is 6.98. The van der Waals surface area contributed by atoms with E-state index in [4.69, 9.17) is 11.6 Å². The molecule has 3 rings (SSSR count). The van der Waals surface area contributed by atoms with Crippen molar-refractivity contribution < 1.29 is 0 Å². The summed E-state index contributed by atoms with van der Waals surface area (Å²) >= 11 is 8.20. The lowest BCUT2D eigenvalue weighted by Gasteiger charge is -2.05. The molecule has 2 aromatic rings. The molecule has 1 aliphatic carbocycles. The first-order valence-electron chi connectivity index (χ1n) is 5.97. The van der Waals surface area contributed by atoms with Crippen LogP contribution in [-0.4, -0.2) is 6.04 Å². The van der Waals surface area contributed by atoms with Gasteiger partial charge < -0.3 is 5.32 Å². The number of benzene rings is 1. The molecule has 0 bridgehead atoms. The minimum Gasteiger partial charge on any atom is -0.308 e. The van der Waals surface area contributed by atoms with Gasteiger partial charge in [0, 0.05) is 27.5 Å². The first-order chi connectivity index (χ1) is 8.08. The smallest absolute Gasteiger partial charge is 0.0636 e. The van der Waals surface area contributed by atoms with Gasteiger partial charge in [0.15, 0.2) is 0 Å². The molecule has 3 heteroatoms. The van der Waals surface area contributed by atoms with Crippen LogP contribution < -0.4 is 5.32 Å². The summed E-state index contributed by atoms with van der Waals surface area (Å²) in [4.78, 5) is 1.26. The second kappa shape index (κ2) is 3.98. The largest absolute Gasteiger partial charge is 0.308 e. The predicted molar refractivity (Wildman–Crippen MR) is 75.9 cm³/mol. The van der Waals surface area contributed by atoms with E-state index in [-0.39, 0.29) is 0 Å². The molecule has 0 radical (unpaired) electrons. The minimum absolute atomic E-state index is 0.475. The summed E-state index contributed by atoms with van der Waals surface area (Å²) in [5.74, 6) is 0. The Morgan fingerprint density at radius 1 is 1.41 bits per heavy atom. The van der Waals surface area contributed by atoms with Crippen LogP contribution in [0.5, 0.6) is 0 Å². The van der Waals surface area contributed by atoms with Gasteiger partial charge in [0.25, 0.3) is 0 Å². The highest BCUT2D eigenvalue weighted by Gasteiger charge is 2.45. The average molecular weight is 266 g/mol. The highest BCUT2D eigenvalue weighted by Crippen LogP contribution is 2.45. The van der Waals surface area contributed by atoms with E-state index in [1.54, 1.807) is 11.3 Å². The molecule has 0 spiro atoms. The van der Waals surface area contributed by atoms with Gasteiger partial charge in [0.2, 0.25) is 0 Å². The molecule has 90 valence electrons. The van der Waals surface area contributed by atoms with Crippen LogP contribution in [0.4, 0.5) is 0 Å². The van der Waals surface area contributed by atoms with Crippen LogP contribution >= 0.6 is 22.9 Å². The van der Waals surface area contributed by atoms with Crippen LogP contribution in [-0.2, 0) is 6.54 Å². The second-order valence-electron chi connectivity index (χ2n) is 5.46. The lowest BCUT2D eigenvalue weighted by molar-refractivity contribution is 0.544. The molecule has 1 heterocycles. The first kappa shape index (κ1) is 11.5. The Kier molecular flexibility index (Phi) is 2.69. The van der Waals surface area contributed by atoms with Crippen molar-refractivity contribution in [1.29, 1.82) is 0 Å². The standard InChI is InChI=1S/C14H16ClNS/c1-14(2)7-12(14)16-8-11-13(15)9-5-3-4-6-10(9)17-11/h3-6,12,16H,7-8H2,1-2H3. The Morgan fingerprint density at radius 3 is 2.76 bits per heavy atom. The first-order valence-corrected chi connectivity index (χ1v) is 7.17. The topological polar surface area (TPSA) is 12.0 Å². The highest BCUT2D eigenvalue weighted by atomic mass is 35.5. The van der Waals surface area contributed by atoms with Crippen LogP contribution in [0.2, 0.25) is 5.02 Å². The van der Waals surface area contributed by atoms with Crippen LogP contribution in [0.3, 0.4) is 0 Å². The van der Waals surface area contributed by atoms with E-state index in [0.29, 0.717) is 11.5 Å². The van der Waals surface area contributed by atoms with Crippen molar-refractivity contribution in [2.24, 2.45) is 5.41 Å². The van der Waals surface area contributed by atoms with Gasteiger partial charge in [-0.25, -0.2) is 0 Å². The van der Waals surface area contributed by atoms with E-state index < -0.39 is 0 Å². The molecular formula is C14H16ClNS. The fourth-order valence-electron chi connectivity index (χ4n) is 2.21. The zero-order valence-electron chi connectivity index (χ0n) is 10.1. The number of hydrogen-bond acceptors (Lipinski definition) is 2. The minimum atomic E-state index is 0.475. The molecule has 0 aliphatic heterocycles. The molecule has 1 aromatic carbocycles. The van der Waals surface area contributed by atoms with Gasteiger partial charge in [-0.05, 0) is 17.9 Å². The summed E-state index contributed by atoms with van der Waals surface area (Å²) in [5.41, 5.74) is 0.475. The number of rotatable bonds is 3. The van der Waals surface area contributed by atoms with Crippen molar-refractivity contribution in [2.45, 2.75) is 32.9 Å². The molecule has 0 saturated heterocycles.